The summed E-state index contributed by atoms with van der Waals surface area (Å²) in [6.07, 6.45) is -1.70. The minimum Gasteiger partial charge on any atom is -0.463 e. The van der Waals surface area contributed by atoms with Crippen LogP contribution in [-0.2, 0) is 10.5 Å². The van der Waals surface area contributed by atoms with E-state index in [2.05, 4.69) is 4.36 Å². The van der Waals surface area contributed by atoms with E-state index < -0.39 is 16.6 Å². The second kappa shape index (κ2) is 6.72. The second-order valence-electron chi connectivity index (χ2n) is 1.89. The van der Waals surface area contributed by atoms with Crippen molar-refractivity contribution in [1.29, 1.82) is 0 Å². The van der Waals surface area contributed by atoms with E-state index in [1.807, 2.05) is 0 Å². The van der Waals surface area contributed by atoms with Crippen LogP contribution in [-0.4, -0.2) is 19.6 Å². The van der Waals surface area contributed by atoms with Crippen molar-refractivity contribution in [2.75, 3.05) is 0 Å². The lowest BCUT2D eigenvalue weighted by atomic mass is 10.4. The van der Waals surface area contributed by atoms with E-state index in [4.69, 9.17) is 5.11 Å². The number of rotatable bonds is 0. The number of nitrogens with zero attached hydrogens (tertiary/aromatic N) is 1. The standard InChI is InChI=1S/C6H5F.CHNO4S/c7-6-4-2-1-3-5-6;3-1(4)2-7(5)6/h1-5H;(H,3,4). The third-order valence-electron chi connectivity index (χ3n) is 0.886. The Morgan fingerprint density at radius 3 is 1.93 bits per heavy atom. The molecule has 0 unspecified atom stereocenters. The normalized spacial score (nSPS) is 8.07. The Morgan fingerprint density at radius 2 is 1.79 bits per heavy atom. The molecule has 0 heterocycles. The molecule has 0 aliphatic heterocycles. The first-order valence-corrected chi connectivity index (χ1v) is 4.30. The van der Waals surface area contributed by atoms with Crippen molar-refractivity contribution in [3.8, 4) is 0 Å². The zero-order valence-corrected chi connectivity index (χ0v) is 7.61. The van der Waals surface area contributed by atoms with Crippen LogP contribution < -0.4 is 0 Å². The molecule has 0 saturated heterocycles. The summed E-state index contributed by atoms with van der Waals surface area (Å²) >= 11 is 0. The fraction of sp³-hybridized carbons (Fsp3) is 0. The summed E-state index contributed by atoms with van der Waals surface area (Å²) in [6.45, 7) is 0. The van der Waals surface area contributed by atoms with E-state index >= 15 is 0 Å². The van der Waals surface area contributed by atoms with Crippen molar-refractivity contribution in [1.82, 2.24) is 0 Å². The third kappa shape index (κ3) is 8.34. The van der Waals surface area contributed by atoms with Crippen LogP contribution in [0, 0.1) is 5.82 Å². The average Bonchev–Trinajstić information content (AvgIpc) is 2.03. The van der Waals surface area contributed by atoms with Gasteiger partial charge in [0.05, 0.1) is 0 Å². The molecule has 0 aliphatic carbocycles. The number of hydrogen-bond donors (Lipinski definition) is 1. The first-order valence-electron chi connectivity index (χ1n) is 3.27. The molecule has 0 bridgehead atoms. The van der Waals surface area contributed by atoms with Gasteiger partial charge in [-0.2, -0.15) is 8.42 Å². The molecule has 76 valence electrons. The molecule has 0 saturated carbocycles. The van der Waals surface area contributed by atoms with Crippen LogP contribution in [0.4, 0.5) is 9.18 Å². The van der Waals surface area contributed by atoms with Crippen molar-refractivity contribution < 1.29 is 22.7 Å². The maximum atomic E-state index is 11.9. The lowest BCUT2D eigenvalue weighted by Gasteiger charge is -1.78. The molecule has 1 rings (SSSR count). The molecule has 1 aromatic carbocycles. The van der Waals surface area contributed by atoms with Gasteiger partial charge in [-0.25, -0.2) is 9.18 Å². The number of hydrogen-bond acceptors (Lipinski definition) is 3. The summed E-state index contributed by atoms with van der Waals surface area (Å²) in [5.74, 6) is -0.178. The predicted octanol–water partition coefficient (Wildman–Crippen LogP) is 1.55. The monoisotopic (exact) mass is 219 g/mol. The molecule has 0 fully saturated rings. The molecule has 0 aliphatic rings. The van der Waals surface area contributed by atoms with Crippen molar-refractivity contribution in [2.24, 2.45) is 4.36 Å². The molecule has 0 atom stereocenters. The van der Waals surface area contributed by atoms with E-state index in [1.54, 1.807) is 18.2 Å². The summed E-state index contributed by atoms with van der Waals surface area (Å²) in [5, 5.41) is 7.52. The van der Waals surface area contributed by atoms with E-state index in [-0.39, 0.29) is 5.82 Å². The van der Waals surface area contributed by atoms with Crippen LogP contribution in [0.2, 0.25) is 0 Å². The molecule has 14 heavy (non-hydrogen) atoms. The first-order chi connectivity index (χ1) is 6.52. The molecular formula is C7H6FNO4S. The summed E-state index contributed by atoms with van der Waals surface area (Å²) in [7, 11) is -2.82. The third-order valence-corrected chi connectivity index (χ3v) is 1.19. The van der Waals surface area contributed by atoms with Crippen LogP contribution in [0.1, 0.15) is 0 Å². The largest absolute Gasteiger partial charge is 0.463 e. The Morgan fingerprint density at radius 1 is 1.29 bits per heavy atom. The molecule has 1 amide bonds. The van der Waals surface area contributed by atoms with Crippen LogP contribution >= 0.6 is 0 Å². The van der Waals surface area contributed by atoms with E-state index in [9.17, 15) is 17.6 Å². The van der Waals surface area contributed by atoms with Crippen molar-refractivity contribution in [3.63, 3.8) is 0 Å². The summed E-state index contributed by atoms with van der Waals surface area (Å²) in [6, 6.07) is 7.94. The Labute approximate surface area is 80.5 Å². The van der Waals surface area contributed by atoms with Gasteiger partial charge in [-0.05, 0) is 12.1 Å². The van der Waals surface area contributed by atoms with Crippen LogP contribution in [0.5, 0.6) is 0 Å². The Bertz CT molecular complexity index is 407. The van der Waals surface area contributed by atoms with Crippen LogP contribution in [0.3, 0.4) is 0 Å². The molecule has 0 radical (unpaired) electrons. The number of carboxylic acid groups (broad SMARTS) is 1. The zero-order valence-electron chi connectivity index (χ0n) is 6.79. The maximum Gasteiger partial charge on any atom is 0.446 e. The van der Waals surface area contributed by atoms with Crippen LogP contribution in [0.25, 0.3) is 0 Å². The molecular weight excluding hydrogens is 213 g/mol. The molecule has 0 aromatic heterocycles. The molecule has 0 spiro atoms. The van der Waals surface area contributed by atoms with E-state index in [0.29, 0.717) is 0 Å². The van der Waals surface area contributed by atoms with Gasteiger partial charge in [0.25, 0.3) is 0 Å². The fourth-order valence-corrected chi connectivity index (χ4v) is 0.606. The van der Waals surface area contributed by atoms with Gasteiger partial charge in [-0.1, -0.05) is 22.6 Å². The minimum absolute atomic E-state index is 0.178. The van der Waals surface area contributed by atoms with E-state index in [0.717, 1.165) is 0 Å². The number of carbonyl (C=O) groups is 1. The van der Waals surface area contributed by atoms with Gasteiger partial charge < -0.3 is 5.11 Å². The van der Waals surface area contributed by atoms with Crippen molar-refractivity contribution >= 4 is 16.6 Å². The van der Waals surface area contributed by atoms with Gasteiger partial charge >= 0.3 is 16.6 Å². The molecule has 5 nitrogen and oxygen atoms in total. The number of benzene rings is 1. The van der Waals surface area contributed by atoms with Crippen molar-refractivity contribution in [3.05, 3.63) is 36.1 Å². The summed E-state index contributed by atoms with van der Waals surface area (Å²) in [4.78, 5) is 9.25. The Kier molecular flexibility index (Phi) is 5.88. The topological polar surface area (TPSA) is 83.8 Å². The summed E-state index contributed by atoms with van der Waals surface area (Å²) in [5.41, 5.74) is 0. The average molecular weight is 219 g/mol. The fourth-order valence-electron chi connectivity index (χ4n) is 0.478. The number of halogens is 1. The zero-order chi connectivity index (χ0) is 11.0. The second-order valence-corrected chi connectivity index (χ2v) is 2.50. The minimum atomic E-state index is -2.82. The number of amides is 1. The van der Waals surface area contributed by atoms with Crippen LogP contribution in [0.15, 0.2) is 34.7 Å². The van der Waals surface area contributed by atoms with Gasteiger partial charge in [0.15, 0.2) is 0 Å². The predicted molar refractivity (Wildman–Crippen MR) is 45.8 cm³/mol. The lowest BCUT2D eigenvalue weighted by Crippen LogP contribution is -1.80. The highest BCUT2D eigenvalue weighted by atomic mass is 32.2. The molecule has 1 aromatic rings. The smallest absolute Gasteiger partial charge is 0.446 e. The van der Waals surface area contributed by atoms with Gasteiger partial charge in [0.1, 0.15) is 5.82 Å². The lowest BCUT2D eigenvalue weighted by molar-refractivity contribution is 0.206. The molecule has 1 N–H and O–H groups in total. The Balaban J connectivity index is 0.000000241. The SMILES string of the molecule is Fc1ccccc1.O=C(O)N=S(=O)=O. The van der Waals surface area contributed by atoms with E-state index in [1.165, 1.54) is 12.1 Å². The van der Waals surface area contributed by atoms with Crippen molar-refractivity contribution in [2.45, 2.75) is 0 Å². The maximum absolute atomic E-state index is 11.9. The van der Waals surface area contributed by atoms with Gasteiger partial charge in [0, 0.05) is 0 Å². The quantitative estimate of drug-likeness (QED) is 0.717. The van der Waals surface area contributed by atoms with Gasteiger partial charge in [0.2, 0.25) is 0 Å². The highest BCUT2D eigenvalue weighted by Gasteiger charge is 1.84. The summed E-state index contributed by atoms with van der Waals surface area (Å²) < 4.78 is 32.5. The molecule has 7 heteroatoms. The van der Waals surface area contributed by atoms with Gasteiger partial charge in [-0.3, -0.25) is 0 Å². The first kappa shape index (κ1) is 12.2. The highest BCUT2D eigenvalue weighted by Crippen LogP contribution is 1.91. The van der Waals surface area contributed by atoms with Gasteiger partial charge in [-0.15, -0.1) is 0 Å². The Hall–Kier alpha value is -1.76. The highest BCUT2D eigenvalue weighted by molar-refractivity contribution is 7.62.